The Morgan fingerprint density at radius 1 is 1.50 bits per heavy atom. The van der Waals surface area contributed by atoms with Crippen molar-refractivity contribution >= 4 is 11.6 Å². The molecule has 1 aromatic rings. The topological polar surface area (TPSA) is 33.2 Å². The van der Waals surface area contributed by atoms with Gasteiger partial charge >= 0.3 is 6.18 Å². The molecule has 2 rings (SSSR count). The number of Topliss-reactive ketones (excluding diaryl/α,β-unsaturated/α-hetero) is 1. The van der Waals surface area contributed by atoms with E-state index in [1.165, 1.54) is 6.92 Å². The molecule has 0 radical (unpaired) electrons. The van der Waals surface area contributed by atoms with Crippen molar-refractivity contribution in [2.75, 3.05) is 18.0 Å². The van der Waals surface area contributed by atoms with E-state index in [4.69, 9.17) is 0 Å². The third-order valence-electron chi connectivity index (χ3n) is 3.16. The molecule has 0 aromatic carbocycles. The van der Waals surface area contributed by atoms with Crippen LogP contribution in [0.2, 0.25) is 0 Å². The minimum atomic E-state index is -4.36. The monoisotopic (exact) mass is 258 g/mol. The Hall–Kier alpha value is -1.59. The van der Waals surface area contributed by atoms with Crippen LogP contribution in [0.3, 0.4) is 0 Å². The van der Waals surface area contributed by atoms with E-state index >= 15 is 0 Å². The van der Waals surface area contributed by atoms with Gasteiger partial charge in [-0.05, 0) is 25.5 Å². The summed E-state index contributed by atoms with van der Waals surface area (Å²) in [5, 5.41) is 0. The average molecular weight is 258 g/mol. The van der Waals surface area contributed by atoms with Crippen LogP contribution in [0.1, 0.15) is 18.9 Å². The molecular formula is C12H13F3N2O. The van der Waals surface area contributed by atoms with Crippen LogP contribution in [0.25, 0.3) is 0 Å². The first kappa shape index (κ1) is 12.9. The van der Waals surface area contributed by atoms with Crippen molar-refractivity contribution in [3.05, 3.63) is 23.9 Å². The van der Waals surface area contributed by atoms with E-state index in [2.05, 4.69) is 4.98 Å². The Labute approximate surface area is 103 Å². The zero-order chi connectivity index (χ0) is 13.3. The van der Waals surface area contributed by atoms with Crippen LogP contribution in [-0.2, 0) is 11.0 Å². The Morgan fingerprint density at radius 3 is 2.78 bits per heavy atom. The van der Waals surface area contributed by atoms with Gasteiger partial charge in [0.15, 0.2) is 0 Å². The third kappa shape index (κ3) is 2.63. The van der Waals surface area contributed by atoms with Crippen molar-refractivity contribution in [1.29, 1.82) is 0 Å². The minimum absolute atomic E-state index is 0.0736. The molecular weight excluding hydrogens is 245 g/mol. The van der Waals surface area contributed by atoms with Crippen molar-refractivity contribution in [3.8, 4) is 0 Å². The number of carbonyl (C=O) groups excluding carboxylic acids is 1. The molecule has 18 heavy (non-hydrogen) atoms. The van der Waals surface area contributed by atoms with Gasteiger partial charge in [0, 0.05) is 25.2 Å². The highest BCUT2D eigenvalue weighted by atomic mass is 19.4. The maximum atomic E-state index is 12.6. The molecule has 1 aliphatic rings. The molecule has 0 N–H and O–H groups in total. The summed E-state index contributed by atoms with van der Waals surface area (Å²) in [5.74, 6) is 0.263. The first-order valence-corrected chi connectivity index (χ1v) is 5.66. The number of ketones is 1. The predicted molar refractivity (Wildman–Crippen MR) is 60.2 cm³/mol. The van der Waals surface area contributed by atoms with Gasteiger partial charge in [-0.15, -0.1) is 0 Å². The van der Waals surface area contributed by atoms with Crippen LogP contribution < -0.4 is 4.90 Å². The Kier molecular flexibility index (Phi) is 3.28. The Balaban J connectivity index is 2.18. The summed E-state index contributed by atoms with van der Waals surface area (Å²) >= 11 is 0. The van der Waals surface area contributed by atoms with Crippen LogP contribution in [0.15, 0.2) is 18.3 Å². The highest BCUT2D eigenvalue weighted by molar-refractivity contribution is 5.79. The summed E-state index contributed by atoms with van der Waals surface area (Å²) in [7, 11) is 0. The molecule has 2 heterocycles. The SMILES string of the molecule is CC(=O)C1CCN(c2cc(C(F)(F)F)ccn2)C1. The van der Waals surface area contributed by atoms with Gasteiger partial charge < -0.3 is 4.90 Å². The molecule has 1 unspecified atom stereocenters. The second-order valence-corrected chi connectivity index (χ2v) is 4.44. The Morgan fingerprint density at radius 2 is 2.22 bits per heavy atom. The summed E-state index contributed by atoms with van der Waals surface area (Å²) < 4.78 is 37.7. The fourth-order valence-corrected chi connectivity index (χ4v) is 2.07. The zero-order valence-electron chi connectivity index (χ0n) is 9.87. The lowest BCUT2D eigenvalue weighted by atomic mass is 10.1. The lowest BCUT2D eigenvalue weighted by Crippen LogP contribution is -2.23. The predicted octanol–water partition coefficient (Wildman–Crippen LogP) is 2.52. The lowest BCUT2D eigenvalue weighted by molar-refractivity contribution is -0.137. The molecule has 0 bridgehead atoms. The molecule has 1 saturated heterocycles. The summed E-state index contributed by atoms with van der Waals surface area (Å²) in [6, 6.07) is 1.98. The molecule has 0 amide bonds. The van der Waals surface area contributed by atoms with Crippen molar-refractivity contribution in [2.24, 2.45) is 5.92 Å². The van der Waals surface area contributed by atoms with Crippen LogP contribution in [-0.4, -0.2) is 23.9 Å². The highest BCUT2D eigenvalue weighted by Gasteiger charge is 2.32. The van der Waals surface area contributed by atoms with Gasteiger partial charge in [-0.25, -0.2) is 4.98 Å². The lowest BCUT2D eigenvalue weighted by Gasteiger charge is -2.18. The molecule has 1 aromatic heterocycles. The number of alkyl halides is 3. The number of hydrogen-bond acceptors (Lipinski definition) is 3. The normalized spacial score (nSPS) is 20.2. The summed E-state index contributed by atoms with van der Waals surface area (Å²) in [4.78, 5) is 16.9. The summed E-state index contributed by atoms with van der Waals surface area (Å²) in [6.45, 7) is 2.52. The van der Waals surface area contributed by atoms with Gasteiger partial charge in [0.1, 0.15) is 11.6 Å². The molecule has 98 valence electrons. The van der Waals surface area contributed by atoms with Gasteiger partial charge in [0.25, 0.3) is 0 Å². The number of hydrogen-bond donors (Lipinski definition) is 0. The third-order valence-corrected chi connectivity index (χ3v) is 3.16. The fraction of sp³-hybridized carbons (Fsp3) is 0.500. The second kappa shape index (κ2) is 4.59. The smallest absolute Gasteiger partial charge is 0.356 e. The zero-order valence-corrected chi connectivity index (χ0v) is 9.87. The largest absolute Gasteiger partial charge is 0.416 e. The van der Waals surface area contributed by atoms with E-state index in [1.807, 2.05) is 0 Å². The number of halogens is 3. The molecule has 0 spiro atoms. The number of carbonyl (C=O) groups is 1. The van der Waals surface area contributed by atoms with Crippen LogP contribution in [0.5, 0.6) is 0 Å². The van der Waals surface area contributed by atoms with Gasteiger partial charge in [-0.1, -0.05) is 0 Å². The first-order chi connectivity index (χ1) is 8.38. The van der Waals surface area contributed by atoms with Crippen molar-refractivity contribution < 1.29 is 18.0 Å². The van der Waals surface area contributed by atoms with Gasteiger partial charge in [-0.3, -0.25) is 4.79 Å². The molecule has 1 aliphatic heterocycles. The highest BCUT2D eigenvalue weighted by Crippen LogP contribution is 2.32. The van der Waals surface area contributed by atoms with E-state index in [9.17, 15) is 18.0 Å². The van der Waals surface area contributed by atoms with E-state index in [1.54, 1.807) is 4.90 Å². The first-order valence-electron chi connectivity index (χ1n) is 5.66. The van der Waals surface area contributed by atoms with Crippen molar-refractivity contribution in [1.82, 2.24) is 4.98 Å². The standard InChI is InChI=1S/C12H13F3N2O/c1-8(18)9-3-5-17(7-9)11-6-10(2-4-16-11)12(13,14)15/h2,4,6,9H,3,5,7H2,1H3. The minimum Gasteiger partial charge on any atom is -0.356 e. The van der Waals surface area contributed by atoms with E-state index in [0.717, 1.165) is 18.3 Å². The van der Waals surface area contributed by atoms with Crippen LogP contribution in [0.4, 0.5) is 19.0 Å². The molecule has 1 fully saturated rings. The number of anilines is 1. The van der Waals surface area contributed by atoms with Crippen molar-refractivity contribution in [3.63, 3.8) is 0 Å². The Bertz CT molecular complexity index is 459. The quantitative estimate of drug-likeness (QED) is 0.817. The van der Waals surface area contributed by atoms with Gasteiger partial charge in [0.05, 0.1) is 5.56 Å². The van der Waals surface area contributed by atoms with E-state index in [-0.39, 0.29) is 17.5 Å². The molecule has 0 aliphatic carbocycles. The number of pyridine rings is 1. The maximum absolute atomic E-state index is 12.6. The second-order valence-electron chi connectivity index (χ2n) is 4.44. The number of aromatic nitrogens is 1. The number of rotatable bonds is 2. The van der Waals surface area contributed by atoms with Crippen LogP contribution in [0, 0.1) is 5.92 Å². The molecule has 1 atom stereocenters. The fourth-order valence-electron chi connectivity index (χ4n) is 2.07. The molecule has 3 nitrogen and oxygen atoms in total. The molecule has 0 saturated carbocycles. The summed E-state index contributed by atoms with van der Waals surface area (Å²) in [5.41, 5.74) is -0.709. The van der Waals surface area contributed by atoms with Gasteiger partial charge in [0.2, 0.25) is 0 Å². The summed E-state index contributed by atoms with van der Waals surface area (Å²) in [6.07, 6.45) is -2.54. The van der Waals surface area contributed by atoms with Gasteiger partial charge in [-0.2, -0.15) is 13.2 Å². The van der Waals surface area contributed by atoms with Crippen molar-refractivity contribution in [2.45, 2.75) is 19.5 Å². The van der Waals surface area contributed by atoms with E-state index < -0.39 is 11.7 Å². The van der Waals surface area contributed by atoms with Crippen LogP contribution >= 0.6 is 0 Å². The van der Waals surface area contributed by atoms with E-state index in [0.29, 0.717) is 19.5 Å². The maximum Gasteiger partial charge on any atom is 0.416 e. The average Bonchev–Trinajstić information content (AvgIpc) is 2.77. The number of nitrogens with zero attached hydrogens (tertiary/aromatic N) is 2. The molecule has 6 heteroatoms.